The van der Waals surface area contributed by atoms with Crippen LogP contribution in [0.25, 0.3) is 11.3 Å². The minimum absolute atomic E-state index is 0.0454. The molecule has 0 saturated carbocycles. The lowest BCUT2D eigenvalue weighted by molar-refractivity contribution is 0.0996. The summed E-state index contributed by atoms with van der Waals surface area (Å²) in [5, 5.41) is 9.84. The van der Waals surface area contributed by atoms with Gasteiger partial charge in [0.2, 0.25) is 0 Å². The average molecular weight is 278 g/mol. The summed E-state index contributed by atoms with van der Waals surface area (Å²) in [6, 6.07) is 4.03. The third kappa shape index (κ3) is 2.93. The van der Waals surface area contributed by atoms with Crippen LogP contribution in [-0.2, 0) is 0 Å². The fraction of sp³-hybridized carbons (Fsp3) is 0.308. The van der Waals surface area contributed by atoms with Gasteiger partial charge in [0, 0.05) is 5.56 Å². The highest BCUT2D eigenvalue weighted by atomic mass is 19.1. The van der Waals surface area contributed by atoms with Gasteiger partial charge in [-0.3, -0.25) is 4.79 Å². The smallest absolute Gasteiger partial charge is 0.271 e. The molecule has 0 radical (unpaired) electrons. The first-order valence-corrected chi connectivity index (χ1v) is 6.26. The van der Waals surface area contributed by atoms with Crippen molar-refractivity contribution >= 4 is 5.91 Å². The van der Waals surface area contributed by atoms with Gasteiger partial charge in [-0.05, 0) is 24.6 Å². The van der Waals surface area contributed by atoms with Crippen LogP contribution in [0.1, 0.15) is 30.3 Å². The summed E-state index contributed by atoms with van der Waals surface area (Å²) in [5.74, 6) is -0.755. The van der Waals surface area contributed by atoms with E-state index in [4.69, 9.17) is 10.5 Å². The molecule has 3 N–H and O–H groups in total. The summed E-state index contributed by atoms with van der Waals surface area (Å²) in [5.41, 5.74) is 5.70. The maximum atomic E-state index is 13.4. The molecule has 1 aromatic carbocycles. The van der Waals surface area contributed by atoms with E-state index in [1.54, 1.807) is 0 Å². The number of benzene rings is 1. The number of primary amides is 1. The second-order valence-corrected chi connectivity index (χ2v) is 4.23. The molecule has 2 aromatic rings. The number of nitrogens with two attached hydrogens (primary N) is 1. The number of nitrogens with one attached hydrogen (secondary N) is 1. The number of aromatic amines is 1. The number of unbranched alkanes of at least 4 members (excludes halogenated alkanes) is 1. The second kappa shape index (κ2) is 6.14. The van der Waals surface area contributed by atoms with Gasteiger partial charge in [-0.1, -0.05) is 13.3 Å². The van der Waals surface area contributed by atoms with E-state index in [0.29, 0.717) is 17.9 Å². The molecule has 0 aliphatic heterocycles. The zero-order valence-corrected chi connectivity index (χ0v) is 11.0. The molecule has 6 nitrogen and oxygen atoms in total. The summed E-state index contributed by atoms with van der Waals surface area (Å²) < 4.78 is 19.0. The Kier molecular flexibility index (Phi) is 4.29. The largest absolute Gasteiger partial charge is 0.493 e. The Morgan fingerprint density at radius 2 is 2.25 bits per heavy atom. The summed E-state index contributed by atoms with van der Waals surface area (Å²) in [6.07, 6.45) is 1.85. The van der Waals surface area contributed by atoms with E-state index in [9.17, 15) is 9.18 Å². The first-order chi connectivity index (χ1) is 9.63. The van der Waals surface area contributed by atoms with Gasteiger partial charge in [0.15, 0.2) is 5.69 Å². The molecule has 0 aliphatic rings. The van der Waals surface area contributed by atoms with Gasteiger partial charge in [-0.2, -0.15) is 15.4 Å². The van der Waals surface area contributed by atoms with Gasteiger partial charge >= 0.3 is 0 Å². The molecule has 0 spiro atoms. The Labute approximate surface area is 115 Å². The van der Waals surface area contributed by atoms with E-state index in [1.165, 1.54) is 18.2 Å². The number of hydrogen-bond acceptors (Lipinski definition) is 4. The van der Waals surface area contributed by atoms with Crippen LogP contribution in [0.3, 0.4) is 0 Å². The molecular weight excluding hydrogens is 263 g/mol. The Morgan fingerprint density at radius 3 is 2.95 bits per heavy atom. The lowest BCUT2D eigenvalue weighted by atomic mass is 10.1. The van der Waals surface area contributed by atoms with Gasteiger partial charge in [0.25, 0.3) is 5.91 Å². The normalized spacial score (nSPS) is 10.5. The molecule has 20 heavy (non-hydrogen) atoms. The van der Waals surface area contributed by atoms with Crippen LogP contribution in [-0.4, -0.2) is 27.9 Å². The summed E-state index contributed by atoms with van der Waals surface area (Å²) in [4.78, 5) is 11.3. The summed E-state index contributed by atoms with van der Waals surface area (Å²) in [7, 11) is 0. The number of aromatic nitrogens is 3. The van der Waals surface area contributed by atoms with Crippen molar-refractivity contribution in [2.75, 3.05) is 6.61 Å². The Morgan fingerprint density at radius 1 is 1.45 bits per heavy atom. The van der Waals surface area contributed by atoms with E-state index in [0.717, 1.165) is 12.8 Å². The SMILES string of the molecule is CCCCOc1ccc(F)cc1-c1n[nH]nc1C(N)=O. The predicted molar refractivity (Wildman–Crippen MR) is 70.7 cm³/mol. The van der Waals surface area contributed by atoms with Crippen LogP contribution in [0.5, 0.6) is 5.75 Å². The molecule has 0 saturated heterocycles. The van der Waals surface area contributed by atoms with E-state index >= 15 is 0 Å². The Balaban J connectivity index is 2.40. The van der Waals surface area contributed by atoms with Crippen molar-refractivity contribution in [1.29, 1.82) is 0 Å². The fourth-order valence-electron chi connectivity index (χ4n) is 1.73. The first-order valence-electron chi connectivity index (χ1n) is 6.26. The molecule has 106 valence electrons. The highest BCUT2D eigenvalue weighted by Gasteiger charge is 2.19. The second-order valence-electron chi connectivity index (χ2n) is 4.23. The molecule has 0 unspecified atom stereocenters. The van der Waals surface area contributed by atoms with Crippen molar-refractivity contribution in [3.63, 3.8) is 0 Å². The zero-order valence-electron chi connectivity index (χ0n) is 11.0. The van der Waals surface area contributed by atoms with Crippen molar-refractivity contribution in [1.82, 2.24) is 15.4 Å². The van der Waals surface area contributed by atoms with E-state index in [2.05, 4.69) is 15.4 Å². The number of amides is 1. The third-order valence-corrected chi connectivity index (χ3v) is 2.73. The standard InChI is InChI=1S/C13H15FN4O2/c1-2-3-6-20-10-5-4-8(14)7-9(10)11-12(13(15)19)17-18-16-11/h4-5,7H,2-3,6H2,1H3,(H2,15,19)(H,16,17,18). The molecular formula is C13H15FN4O2. The highest BCUT2D eigenvalue weighted by molar-refractivity contribution is 5.97. The number of carbonyl (C=O) groups excluding carboxylic acids is 1. The third-order valence-electron chi connectivity index (χ3n) is 2.73. The van der Waals surface area contributed by atoms with Crippen LogP contribution in [0.2, 0.25) is 0 Å². The molecule has 0 aliphatic carbocycles. The monoisotopic (exact) mass is 278 g/mol. The highest BCUT2D eigenvalue weighted by Crippen LogP contribution is 2.31. The molecule has 7 heteroatoms. The quantitative estimate of drug-likeness (QED) is 0.789. The zero-order chi connectivity index (χ0) is 14.5. The minimum atomic E-state index is -0.738. The van der Waals surface area contributed by atoms with E-state index in [1.807, 2.05) is 6.92 Å². The summed E-state index contributed by atoms with van der Waals surface area (Å²) >= 11 is 0. The van der Waals surface area contributed by atoms with Gasteiger partial charge in [0.05, 0.1) is 6.61 Å². The lowest BCUT2D eigenvalue weighted by Gasteiger charge is -2.10. The summed E-state index contributed by atoms with van der Waals surface area (Å²) in [6.45, 7) is 2.54. The molecule has 0 fully saturated rings. The van der Waals surface area contributed by atoms with Gasteiger partial charge in [0.1, 0.15) is 17.3 Å². The van der Waals surface area contributed by atoms with Crippen LogP contribution < -0.4 is 10.5 Å². The number of H-pyrrole nitrogens is 1. The molecule has 1 amide bonds. The number of rotatable bonds is 6. The minimum Gasteiger partial charge on any atom is -0.493 e. The maximum absolute atomic E-state index is 13.4. The number of halogens is 1. The van der Waals surface area contributed by atoms with Crippen LogP contribution in [0.15, 0.2) is 18.2 Å². The van der Waals surface area contributed by atoms with Gasteiger partial charge in [-0.25, -0.2) is 4.39 Å². The van der Waals surface area contributed by atoms with Crippen molar-refractivity contribution in [3.8, 4) is 17.0 Å². The first kappa shape index (κ1) is 14.0. The van der Waals surface area contributed by atoms with Crippen LogP contribution >= 0.6 is 0 Å². The van der Waals surface area contributed by atoms with Crippen molar-refractivity contribution in [3.05, 3.63) is 29.7 Å². The van der Waals surface area contributed by atoms with Crippen molar-refractivity contribution in [2.24, 2.45) is 5.73 Å². The van der Waals surface area contributed by atoms with Gasteiger partial charge in [-0.15, -0.1) is 0 Å². The van der Waals surface area contributed by atoms with Gasteiger partial charge < -0.3 is 10.5 Å². The maximum Gasteiger partial charge on any atom is 0.271 e. The number of hydrogen-bond donors (Lipinski definition) is 2. The average Bonchev–Trinajstić information content (AvgIpc) is 2.90. The molecule has 1 heterocycles. The lowest BCUT2D eigenvalue weighted by Crippen LogP contribution is -2.13. The predicted octanol–water partition coefficient (Wildman–Crippen LogP) is 1.89. The van der Waals surface area contributed by atoms with Crippen molar-refractivity contribution in [2.45, 2.75) is 19.8 Å². The Bertz CT molecular complexity index is 612. The Hall–Kier alpha value is -2.44. The number of ether oxygens (including phenoxy) is 1. The number of carbonyl (C=O) groups is 1. The van der Waals surface area contributed by atoms with Crippen LogP contribution in [0.4, 0.5) is 4.39 Å². The fourth-order valence-corrected chi connectivity index (χ4v) is 1.73. The van der Waals surface area contributed by atoms with Crippen molar-refractivity contribution < 1.29 is 13.9 Å². The van der Waals surface area contributed by atoms with E-state index in [-0.39, 0.29) is 11.4 Å². The number of nitrogens with zero attached hydrogens (tertiary/aromatic N) is 2. The van der Waals surface area contributed by atoms with E-state index < -0.39 is 11.7 Å². The molecule has 0 atom stereocenters. The van der Waals surface area contributed by atoms with Crippen LogP contribution in [0, 0.1) is 5.82 Å². The molecule has 0 bridgehead atoms. The molecule has 1 aromatic heterocycles. The topological polar surface area (TPSA) is 93.9 Å². The molecule has 2 rings (SSSR count).